The summed E-state index contributed by atoms with van der Waals surface area (Å²) in [6.45, 7) is 3.49. The smallest absolute Gasteiger partial charge is 0.404 e. The molecule has 0 radical (unpaired) electrons. The number of phosphoric acid groups is 2. The number of pyridine rings is 1. The number of hydrogen-bond acceptors (Lipinski definition) is 9. The molecule has 0 aliphatic rings. The molecule has 2 aromatic heterocycles. The van der Waals surface area contributed by atoms with Gasteiger partial charge in [0.15, 0.2) is 5.82 Å². The lowest BCUT2D eigenvalue weighted by Crippen LogP contribution is -2.26. The van der Waals surface area contributed by atoms with Gasteiger partial charge in [0, 0.05) is 37.1 Å². The minimum atomic E-state index is -5.00. The van der Waals surface area contributed by atoms with E-state index in [4.69, 9.17) is 36.1 Å². The number of unbranched alkanes of at least 4 members (excludes halogenated alkanes) is 1. The molecule has 15 nitrogen and oxygen atoms in total. The summed E-state index contributed by atoms with van der Waals surface area (Å²) < 4.78 is 40.6. The van der Waals surface area contributed by atoms with E-state index in [0.29, 0.717) is 61.4 Å². The van der Waals surface area contributed by atoms with Crippen LogP contribution in [0.1, 0.15) is 49.6 Å². The average molecular weight is 714 g/mol. The molecule has 0 aliphatic carbocycles. The second-order valence-electron chi connectivity index (χ2n) is 10.7. The summed E-state index contributed by atoms with van der Waals surface area (Å²) in [6, 6.07) is 9.38. The summed E-state index contributed by atoms with van der Waals surface area (Å²) in [5.41, 5.74) is 9.26. The number of imidazole rings is 1. The van der Waals surface area contributed by atoms with Gasteiger partial charge < -0.3 is 29.4 Å². The first kappa shape index (κ1) is 36.6. The lowest BCUT2D eigenvalue weighted by Gasteiger charge is -2.17. The summed E-state index contributed by atoms with van der Waals surface area (Å²) in [5.74, 6) is 0.124. The fourth-order valence-electron chi connectivity index (χ4n) is 5.05. The number of ether oxygens (including phenoxy) is 1. The molecule has 0 fully saturated rings. The van der Waals surface area contributed by atoms with Crippen molar-refractivity contribution in [1.82, 2.24) is 19.9 Å². The summed E-state index contributed by atoms with van der Waals surface area (Å²) in [6.07, 6.45) is 4.30. The quantitative estimate of drug-likeness (QED) is 0.0483. The molecule has 4 rings (SSSR count). The van der Waals surface area contributed by atoms with Crippen LogP contribution in [0.2, 0.25) is 0 Å². The molecular weight excluding hydrogens is 676 g/mol. The third kappa shape index (κ3) is 10.6. The first-order valence-electron chi connectivity index (χ1n) is 14.9. The summed E-state index contributed by atoms with van der Waals surface area (Å²) in [5, 5.41) is 3.44. The van der Waals surface area contributed by atoms with E-state index in [0.717, 1.165) is 36.3 Å². The highest BCUT2D eigenvalue weighted by Crippen LogP contribution is 2.43. The number of phosphoric ester groups is 2. The number of nitrogen functional groups attached to an aromatic ring is 1. The van der Waals surface area contributed by atoms with Crippen molar-refractivity contribution in [3.05, 3.63) is 53.3 Å². The maximum Gasteiger partial charge on any atom is 0.524 e. The van der Waals surface area contributed by atoms with Crippen molar-refractivity contribution >= 4 is 60.9 Å². The molecule has 7 N–H and O–H groups in total. The molecule has 1 amide bonds. The van der Waals surface area contributed by atoms with E-state index >= 15 is 0 Å². The number of nitrogens with two attached hydrogens (primary N) is 1. The van der Waals surface area contributed by atoms with E-state index in [1.165, 1.54) is 12.1 Å². The maximum absolute atomic E-state index is 11.8. The molecule has 0 saturated carbocycles. The number of amides is 1. The highest BCUT2D eigenvalue weighted by Gasteiger charge is 2.24. The predicted molar refractivity (Wildman–Crippen MR) is 176 cm³/mol. The van der Waals surface area contributed by atoms with Crippen molar-refractivity contribution in [2.24, 2.45) is 0 Å². The molecule has 0 bridgehead atoms. The molecule has 2 heterocycles. The number of hydrogen-bond donors (Lipinski definition) is 6. The average Bonchev–Trinajstić information content (AvgIpc) is 3.36. The number of carbonyl (C=O) groups excluding carboxylic acids is 1. The molecule has 47 heavy (non-hydrogen) atoms. The van der Waals surface area contributed by atoms with Crippen LogP contribution in [0.25, 0.3) is 21.9 Å². The molecule has 0 saturated heterocycles. The fraction of sp³-hybridized carbons (Fsp3) is 0.414. The molecule has 2 aromatic carbocycles. The number of fused-ring (bicyclic) bond motifs is 3. The molecule has 0 atom stereocenters. The van der Waals surface area contributed by atoms with E-state index in [1.54, 1.807) is 0 Å². The number of alkyl halides is 1. The third-order valence-electron chi connectivity index (χ3n) is 7.07. The van der Waals surface area contributed by atoms with Gasteiger partial charge in [-0.1, -0.05) is 19.4 Å². The van der Waals surface area contributed by atoms with Crippen LogP contribution in [-0.2, 0) is 38.0 Å². The first-order valence-corrected chi connectivity index (χ1v) is 18.5. The Morgan fingerprint density at radius 2 is 1.72 bits per heavy atom. The SMILES string of the molecule is CCCCc1nc2c(N)nc3ccc(CCCOCCCNC(=O)CCl)cc3c2n1Cc1cc(OP(=O)(O)O)ccc1OP(=O)(O)O. The molecule has 0 aliphatic heterocycles. The van der Waals surface area contributed by atoms with Crippen molar-refractivity contribution in [3.8, 4) is 11.5 Å². The van der Waals surface area contributed by atoms with Crippen LogP contribution in [0.3, 0.4) is 0 Å². The number of nitrogens with zero attached hydrogens (tertiary/aromatic N) is 3. The lowest BCUT2D eigenvalue weighted by molar-refractivity contribution is -0.118. The number of nitrogens with one attached hydrogen (secondary N) is 1. The summed E-state index contributed by atoms with van der Waals surface area (Å²) >= 11 is 5.47. The summed E-state index contributed by atoms with van der Waals surface area (Å²) in [7, 11) is -9.93. The van der Waals surface area contributed by atoms with Gasteiger partial charge in [0.25, 0.3) is 0 Å². The van der Waals surface area contributed by atoms with Crippen LogP contribution in [0.15, 0.2) is 36.4 Å². The van der Waals surface area contributed by atoms with Crippen LogP contribution in [0.4, 0.5) is 5.82 Å². The molecular formula is C29H38ClN5O10P2. The van der Waals surface area contributed by atoms with E-state index in [9.17, 15) is 33.5 Å². The van der Waals surface area contributed by atoms with Crippen molar-refractivity contribution in [3.63, 3.8) is 0 Å². The van der Waals surface area contributed by atoms with E-state index in [-0.39, 0.29) is 41.2 Å². The second-order valence-corrected chi connectivity index (χ2v) is 13.3. The minimum absolute atomic E-state index is 0.0504. The maximum atomic E-state index is 11.8. The molecule has 18 heteroatoms. The van der Waals surface area contributed by atoms with Crippen molar-refractivity contribution in [2.75, 3.05) is 31.4 Å². The summed E-state index contributed by atoms with van der Waals surface area (Å²) in [4.78, 5) is 58.4. The van der Waals surface area contributed by atoms with Crippen LogP contribution >= 0.6 is 27.2 Å². The Labute approximate surface area is 275 Å². The van der Waals surface area contributed by atoms with Crippen molar-refractivity contribution in [2.45, 2.75) is 52.0 Å². The Bertz CT molecular complexity index is 1810. The zero-order valence-electron chi connectivity index (χ0n) is 25.7. The van der Waals surface area contributed by atoms with Crippen molar-refractivity contribution in [1.29, 1.82) is 0 Å². The molecule has 256 valence electrons. The van der Waals surface area contributed by atoms with Gasteiger partial charge in [-0.2, -0.15) is 0 Å². The number of aryl methyl sites for hydroxylation is 2. The lowest BCUT2D eigenvalue weighted by atomic mass is 10.1. The van der Waals surface area contributed by atoms with Crippen LogP contribution in [-0.4, -0.2) is 65.7 Å². The Hall–Kier alpha value is -3.26. The Morgan fingerprint density at radius 1 is 0.979 bits per heavy atom. The van der Waals surface area contributed by atoms with Gasteiger partial charge in [-0.25, -0.2) is 19.1 Å². The Kier molecular flexibility index (Phi) is 12.6. The standard InChI is InChI=1S/C29H38ClN5O10P2/c1-2-3-7-25-34-27-28(35(25)18-20-16-21(44-46(37,38)39)9-11-24(20)45-47(40,41)42)22-15-19(8-10-23(22)33-29(27)31)6-4-13-43-14-5-12-32-26(36)17-30/h8-11,15-16H,2-7,12-14,17-18H2,1H3,(H2,31,33)(H,32,36)(H2,37,38,39)(H2,40,41,42). The zero-order valence-corrected chi connectivity index (χ0v) is 28.2. The molecule has 4 aromatic rings. The number of anilines is 1. The Morgan fingerprint density at radius 3 is 2.43 bits per heavy atom. The van der Waals surface area contributed by atoms with Crippen molar-refractivity contribution < 1.29 is 47.3 Å². The second kappa shape index (κ2) is 16.2. The normalized spacial score (nSPS) is 12.1. The number of rotatable bonds is 18. The topological polar surface area (TPSA) is 229 Å². The van der Waals surface area contributed by atoms with Crippen LogP contribution in [0.5, 0.6) is 11.5 Å². The van der Waals surface area contributed by atoms with Crippen LogP contribution < -0.4 is 20.1 Å². The Balaban J connectivity index is 1.69. The first-order chi connectivity index (χ1) is 22.3. The predicted octanol–water partition coefficient (Wildman–Crippen LogP) is 4.19. The van der Waals surface area contributed by atoms with Crippen LogP contribution in [0, 0.1) is 0 Å². The monoisotopic (exact) mass is 713 g/mol. The van der Waals surface area contributed by atoms with E-state index < -0.39 is 15.6 Å². The number of carbonyl (C=O) groups is 1. The molecule has 0 spiro atoms. The molecule has 0 unspecified atom stereocenters. The number of benzene rings is 2. The minimum Gasteiger partial charge on any atom is -0.404 e. The highest BCUT2D eigenvalue weighted by atomic mass is 35.5. The number of halogens is 1. The highest BCUT2D eigenvalue weighted by molar-refractivity contribution is 7.47. The van der Waals surface area contributed by atoms with E-state index in [1.807, 2.05) is 29.7 Å². The zero-order chi connectivity index (χ0) is 34.2. The van der Waals surface area contributed by atoms with Gasteiger partial charge in [-0.15, -0.1) is 11.6 Å². The number of aromatic nitrogens is 3. The van der Waals surface area contributed by atoms with E-state index in [2.05, 4.69) is 10.3 Å². The van der Waals surface area contributed by atoms with Gasteiger partial charge in [-0.05, 0) is 61.6 Å². The van der Waals surface area contributed by atoms with Gasteiger partial charge in [0.05, 0.1) is 17.6 Å². The van der Waals surface area contributed by atoms with Gasteiger partial charge in [-0.3, -0.25) is 24.4 Å². The van der Waals surface area contributed by atoms with Gasteiger partial charge in [0.2, 0.25) is 5.91 Å². The van der Waals surface area contributed by atoms with Gasteiger partial charge in [0.1, 0.15) is 28.7 Å². The fourth-order valence-corrected chi connectivity index (χ4v) is 5.96. The largest absolute Gasteiger partial charge is 0.524 e. The third-order valence-corrected chi connectivity index (χ3v) is 8.19. The van der Waals surface area contributed by atoms with Gasteiger partial charge >= 0.3 is 15.6 Å².